The van der Waals surface area contributed by atoms with Crippen LogP contribution in [0.3, 0.4) is 0 Å². The van der Waals surface area contributed by atoms with Crippen LogP contribution >= 0.6 is 0 Å². The highest BCUT2D eigenvalue weighted by molar-refractivity contribution is 5.82. The highest BCUT2D eigenvalue weighted by Gasteiger charge is 2.17. The molecule has 3 nitrogen and oxygen atoms in total. The van der Waals surface area contributed by atoms with E-state index in [1.165, 1.54) is 41.5 Å². The van der Waals surface area contributed by atoms with Crippen LogP contribution in [-0.4, -0.2) is 18.1 Å². The summed E-state index contributed by atoms with van der Waals surface area (Å²) in [6, 6.07) is 19.2. The van der Waals surface area contributed by atoms with Crippen molar-refractivity contribution in [1.29, 1.82) is 0 Å². The lowest BCUT2D eigenvalue weighted by Gasteiger charge is -2.30. The zero-order valence-corrected chi connectivity index (χ0v) is 14.8. The molecule has 2 aromatic carbocycles. The lowest BCUT2D eigenvalue weighted by Crippen LogP contribution is -2.31. The third-order valence-electron chi connectivity index (χ3n) is 5.05. The molecule has 3 heteroatoms. The molecule has 3 aromatic rings. The number of rotatable bonds is 4. The summed E-state index contributed by atoms with van der Waals surface area (Å²) in [4.78, 5) is 7.48. The van der Waals surface area contributed by atoms with Crippen molar-refractivity contribution >= 4 is 22.4 Å². The Morgan fingerprint density at radius 1 is 0.960 bits per heavy atom. The van der Waals surface area contributed by atoms with Gasteiger partial charge in [-0.05, 0) is 49.9 Å². The van der Waals surface area contributed by atoms with Crippen molar-refractivity contribution < 1.29 is 0 Å². The number of aromatic nitrogens is 1. The van der Waals surface area contributed by atoms with E-state index in [2.05, 4.69) is 71.7 Å². The van der Waals surface area contributed by atoms with E-state index in [0.717, 1.165) is 31.0 Å². The second-order valence-electron chi connectivity index (χ2n) is 6.88. The fraction of sp³-hybridized carbons (Fsp3) is 0.318. The molecule has 1 aliphatic rings. The minimum absolute atomic E-state index is 0.800. The van der Waals surface area contributed by atoms with Gasteiger partial charge in [0.15, 0.2) is 0 Å². The van der Waals surface area contributed by atoms with Crippen LogP contribution in [0, 0.1) is 6.92 Å². The average molecular weight is 331 g/mol. The Kier molecular flexibility index (Phi) is 4.55. The molecular formula is C22H25N3. The summed E-state index contributed by atoms with van der Waals surface area (Å²) >= 11 is 0. The van der Waals surface area contributed by atoms with Gasteiger partial charge in [0.1, 0.15) is 5.82 Å². The Hall–Kier alpha value is -2.55. The smallest absolute Gasteiger partial charge is 0.134 e. The minimum Gasteiger partial charge on any atom is -0.381 e. The van der Waals surface area contributed by atoms with Crippen molar-refractivity contribution in [2.45, 2.75) is 32.7 Å². The third kappa shape index (κ3) is 3.46. The van der Waals surface area contributed by atoms with Crippen molar-refractivity contribution in [2.24, 2.45) is 0 Å². The highest BCUT2D eigenvalue weighted by atomic mass is 15.2. The lowest BCUT2D eigenvalue weighted by atomic mass is 10.1. The Morgan fingerprint density at radius 3 is 2.56 bits per heavy atom. The van der Waals surface area contributed by atoms with Gasteiger partial charge in [-0.1, -0.05) is 36.4 Å². The summed E-state index contributed by atoms with van der Waals surface area (Å²) in [5.41, 5.74) is 4.84. The zero-order valence-electron chi connectivity index (χ0n) is 14.8. The standard InChI is InChI=1S/C22H25N3/c1-17-9-3-5-11-20(17)23-16-19-15-18-10-4-6-12-21(18)24-22(19)25-13-7-2-8-14-25/h3-6,9-12,15,23H,2,7-8,13-14,16H2,1H3. The monoisotopic (exact) mass is 331 g/mol. The maximum atomic E-state index is 5.02. The van der Waals surface area contributed by atoms with Crippen molar-refractivity contribution in [2.75, 3.05) is 23.3 Å². The van der Waals surface area contributed by atoms with E-state index in [9.17, 15) is 0 Å². The van der Waals surface area contributed by atoms with Gasteiger partial charge in [0.2, 0.25) is 0 Å². The van der Waals surface area contributed by atoms with E-state index < -0.39 is 0 Å². The number of anilines is 2. The molecule has 25 heavy (non-hydrogen) atoms. The van der Waals surface area contributed by atoms with E-state index in [1.54, 1.807) is 0 Å². The Bertz CT molecular complexity index is 866. The van der Waals surface area contributed by atoms with Crippen molar-refractivity contribution in [1.82, 2.24) is 4.98 Å². The molecular weight excluding hydrogens is 306 g/mol. The number of hydrogen-bond acceptors (Lipinski definition) is 3. The normalized spacial score (nSPS) is 14.7. The lowest BCUT2D eigenvalue weighted by molar-refractivity contribution is 0.572. The topological polar surface area (TPSA) is 28.2 Å². The van der Waals surface area contributed by atoms with Crippen LogP contribution in [0.1, 0.15) is 30.4 Å². The molecule has 2 heterocycles. The van der Waals surface area contributed by atoms with Crippen molar-refractivity contribution in [3.05, 3.63) is 65.7 Å². The molecule has 0 atom stereocenters. The van der Waals surface area contributed by atoms with Crippen molar-refractivity contribution in [3.63, 3.8) is 0 Å². The van der Waals surface area contributed by atoms with E-state index in [4.69, 9.17) is 4.98 Å². The molecule has 0 spiro atoms. The van der Waals surface area contributed by atoms with Crippen LogP contribution < -0.4 is 10.2 Å². The number of fused-ring (bicyclic) bond motifs is 1. The largest absolute Gasteiger partial charge is 0.381 e. The molecule has 1 N–H and O–H groups in total. The second kappa shape index (κ2) is 7.14. The minimum atomic E-state index is 0.800. The second-order valence-corrected chi connectivity index (χ2v) is 6.88. The number of para-hydroxylation sites is 2. The van der Waals surface area contributed by atoms with Gasteiger partial charge in [-0.25, -0.2) is 4.98 Å². The summed E-state index contributed by atoms with van der Waals surface area (Å²) in [6.45, 7) is 5.17. The van der Waals surface area contributed by atoms with Crippen LogP contribution in [0.25, 0.3) is 10.9 Å². The number of nitrogens with zero attached hydrogens (tertiary/aromatic N) is 2. The van der Waals surface area contributed by atoms with Gasteiger partial charge in [-0.3, -0.25) is 0 Å². The summed E-state index contributed by atoms with van der Waals surface area (Å²) in [5, 5.41) is 4.82. The predicted octanol–water partition coefficient (Wildman–Crippen LogP) is 5.15. The van der Waals surface area contributed by atoms with Gasteiger partial charge in [-0.15, -0.1) is 0 Å². The van der Waals surface area contributed by atoms with E-state index in [0.29, 0.717) is 0 Å². The fourth-order valence-electron chi connectivity index (χ4n) is 3.62. The molecule has 1 saturated heterocycles. The number of benzene rings is 2. The van der Waals surface area contributed by atoms with Gasteiger partial charge in [0.25, 0.3) is 0 Å². The number of piperidine rings is 1. The first-order chi connectivity index (χ1) is 12.3. The summed E-state index contributed by atoms with van der Waals surface area (Å²) < 4.78 is 0. The Morgan fingerprint density at radius 2 is 1.72 bits per heavy atom. The van der Waals surface area contributed by atoms with Gasteiger partial charge in [-0.2, -0.15) is 0 Å². The first-order valence-corrected chi connectivity index (χ1v) is 9.24. The zero-order chi connectivity index (χ0) is 17.1. The number of hydrogen-bond donors (Lipinski definition) is 1. The van der Waals surface area contributed by atoms with Crippen LogP contribution in [0.15, 0.2) is 54.6 Å². The number of aryl methyl sites for hydroxylation is 1. The van der Waals surface area contributed by atoms with Crippen LogP contribution in [-0.2, 0) is 6.54 Å². The molecule has 0 radical (unpaired) electrons. The molecule has 0 saturated carbocycles. The first kappa shape index (κ1) is 15.9. The highest BCUT2D eigenvalue weighted by Crippen LogP contribution is 2.27. The predicted molar refractivity (Wildman–Crippen MR) is 106 cm³/mol. The van der Waals surface area contributed by atoms with E-state index in [-0.39, 0.29) is 0 Å². The summed E-state index contributed by atoms with van der Waals surface area (Å²) in [5.74, 6) is 1.15. The maximum absolute atomic E-state index is 5.02. The molecule has 0 unspecified atom stereocenters. The molecule has 1 aromatic heterocycles. The SMILES string of the molecule is Cc1ccccc1NCc1cc2ccccc2nc1N1CCCCC1. The van der Waals surface area contributed by atoms with Crippen molar-refractivity contribution in [3.8, 4) is 0 Å². The summed E-state index contributed by atoms with van der Waals surface area (Å²) in [7, 11) is 0. The molecule has 128 valence electrons. The number of nitrogens with one attached hydrogen (secondary N) is 1. The molecule has 1 aliphatic heterocycles. The van der Waals surface area contributed by atoms with Crippen LogP contribution in [0.2, 0.25) is 0 Å². The van der Waals surface area contributed by atoms with E-state index >= 15 is 0 Å². The van der Waals surface area contributed by atoms with Gasteiger partial charge in [0, 0.05) is 36.3 Å². The third-order valence-corrected chi connectivity index (χ3v) is 5.05. The van der Waals surface area contributed by atoms with Crippen LogP contribution in [0.5, 0.6) is 0 Å². The fourth-order valence-corrected chi connectivity index (χ4v) is 3.62. The average Bonchev–Trinajstić information content (AvgIpc) is 2.67. The van der Waals surface area contributed by atoms with Gasteiger partial charge in [0.05, 0.1) is 5.52 Å². The van der Waals surface area contributed by atoms with Gasteiger partial charge >= 0.3 is 0 Å². The quantitative estimate of drug-likeness (QED) is 0.717. The Labute approximate surface area is 149 Å². The molecule has 1 fully saturated rings. The molecule has 0 amide bonds. The first-order valence-electron chi connectivity index (χ1n) is 9.24. The Balaban J connectivity index is 1.68. The van der Waals surface area contributed by atoms with Gasteiger partial charge < -0.3 is 10.2 Å². The number of pyridine rings is 1. The maximum Gasteiger partial charge on any atom is 0.134 e. The summed E-state index contributed by atoms with van der Waals surface area (Å²) in [6.07, 6.45) is 3.86. The van der Waals surface area contributed by atoms with Crippen LogP contribution in [0.4, 0.5) is 11.5 Å². The van der Waals surface area contributed by atoms with E-state index in [1.807, 2.05) is 0 Å². The molecule has 4 rings (SSSR count). The molecule has 0 bridgehead atoms. The molecule has 0 aliphatic carbocycles.